The Balaban J connectivity index is 1.71. The minimum Gasteiger partial charge on any atom is -0.371 e. The van der Waals surface area contributed by atoms with E-state index in [9.17, 15) is 4.79 Å². The van der Waals surface area contributed by atoms with Gasteiger partial charge in [0.05, 0.1) is 10.6 Å². The van der Waals surface area contributed by atoms with Gasteiger partial charge in [-0.05, 0) is 61.1 Å². The second-order valence-corrected chi connectivity index (χ2v) is 7.47. The van der Waals surface area contributed by atoms with E-state index in [1.165, 1.54) is 12.1 Å². The molecule has 1 saturated heterocycles. The zero-order valence-corrected chi connectivity index (χ0v) is 15.5. The van der Waals surface area contributed by atoms with E-state index in [1.54, 1.807) is 17.8 Å². The molecule has 5 heteroatoms. The van der Waals surface area contributed by atoms with Crippen LogP contribution in [0.1, 0.15) is 23.7 Å². The molecule has 1 fully saturated rings. The van der Waals surface area contributed by atoms with Crippen LogP contribution in [0.15, 0.2) is 47.4 Å². The number of amides is 1. The van der Waals surface area contributed by atoms with E-state index >= 15 is 0 Å². The summed E-state index contributed by atoms with van der Waals surface area (Å²) < 4.78 is 0. The Kier molecular flexibility index (Phi) is 5.36. The van der Waals surface area contributed by atoms with Gasteiger partial charge in [-0.1, -0.05) is 18.5 Å². The first-order valence-electron chi connectivity index (χ1n) is 8.06. The van der Waals surface area contributed by atoms with Crippen molar-refractivity contribution < 1.29 is 4.79 Å². The van der Waals surface area contributed by atoms with Crippen LogP contribution < -0.4 is 10.2 Å². The van der Waals surface area contributed by atoms with Crippen molar-refractivity contribution in [3.05, 3.63) is 53.1 Å². The number of hydrogen-bond donors (Lipinski definition) is 1. The van der Waals surface area contributed by atoms with Gasteiger partial charge in [-0.15, -0.1) is 11.8 Å². The lowest BCUT2D eigenvalue weighted by Gasteiger charge is -2.18. The molecular formula is C19H21ClN2OS. The predicted octanol–water partition coefficient (Wildman–Crippen LogP) is 5.16. The zero-order valence-electron chi connectivity index (χ0n) is 13.9. The van der Waals surface area contributed by atoms with Gasteiger partial charge in [0.1, 0.15) is 0 Å². The number of halogens is 1. The first-order valence-corrected chi connectivity index (χ1v) is 9.67. The molecular weight excluding hydrogens is 340 g/mol. The normalized spacial score (nSPS) is 17.1. The molecule has 0 bridgehead atoms. The quantitative estimate of drug-likeness (QED) is 0.764. The number of hydrogen-bond acceptors (Lipinski definition) is 3. The van der Waals surface area contributed by atoms with Crippen LogP contribution in [0.2, 0.25) is 5.02 Å². The Bertz CT molecular complexity index is 733. The van der Waals surface area contributed by atoms with Crippen LogP contribution in [0.5, 0.6) is 0 Å². The highest BCUT2D eigenvalue weighted by Crippen LogP contribution is 2.26. The van der Waals surface area contributed by atoms with Crippen LogP contribution >= 0.6 is 23.4 Å². The fourth-order valence-corrected chi connectivity index (χ4v) is 3.57. The highest BCUT2D eigenvalue weighted by Gasteiger charge is 2.19. The lowest BCUT2D eigenvalue weighted by molar-refractivity contribution is 0.102. The van der Waals surface area contributed by atoms with Crippen LogP contribution in [-0.4, -0.2) is 25.3 Å². The highest BCUT2D eigenvalue weighted by atomic mass is 35.5. The van der Waals surface area contributed by atoms with Crippen LogP contribution in [0, 0.1) is 5.92 Å². The monoisotopic (exact) mass is 360 g/mol. The fraction of sp³-hybridized carbons (Fsp3) is 0.316. The Labute approximate surface area is 152 Å². The molecule has 3 rings (SSSR count). The van der Waals surface area contributed by atoms with E-state index in [4.69, 9.17) is 11.6 Å². The summed E-state index contributed by atoms with van der Waals surface area (Å²) in [4.78, 5) is 15.9. The topological polar surface area (TPSA) is 32.3 Å². The third kappa shape index (κ3) is 3.87. The molecule has 0 saturated carbocycles. The third-order valence-corrected chi connectivity index (χ3v) is 5.39. The van der Waals surface area contributed by atoms with E-state index in [1.807, 2.05) is 30.5 Å². The first-order chi connectivity index (χ1) is 11.6. The molecule has 0 spiro atoms. The number of carbonyl (C=O) groups is 1. The number of thioether (sulfide) groups is 1. The SMILES string of the molecule is CSc1ccc(Cl)c(C(=O)Nc2ccc(N3CCC(C)C3)cc2)c1. The van der Waals surface area contributed by atoms with E-state index in [0.717, 1.165) is 29.6 Å². The van der Waals surface area contributed by atoms with Crippen molar-refractivity contribution in [2.24, 2.45) is 5.92 Å². The van der Waals surface area contributed by atoms with Gasteiger partial charge in [-0.25, -0.2) is 0 Å². The van der Waals surface area contributed by atoms with Gasteiger partial charge < -0.3 is 10.2 Å². The molecule has 0 aliphatic carbocycles. The van der Waals surface area contributed by atoms with Crippen molar-refractivity contribution in [1.82, 2.24) is 0 Å². The second kappa shape index (κ2) is 7.49. The van der Waals surface area contributed by atoms with Crippen LogP contribution in [-0.2, 0) is 0 Å². The van der Waals surface area contributed by atoms with Crippen LogP contribution in [0.3, 0.4) is 0 Å². The maximum Gasteiger partial charge on any atom is 0.257 e. The molecule has 1 amide bonds. The van der Waals surface area contributed by atoms with E-state index in [2.05, 4.69) is 29.3 Å². The van der Waals surface area contributed by atoms with Crippen molar-refractivity contribution in [3.63, 3.8) is 0 Å². The maximum atomic E-state index is 12.5. The number of nitrogens with zero attached hydrogens (tertiary/aromatic N) is 1. The molecule has 1 aliphatic heterocycles. The fourth-order valence-electron chi connectivity index (χ4n) is 2.93. The summed E-state index contributed by atoms with van der Waals surface area (Å²) in [6.45, 7) is 4.48. The maximum absolute atomic E-state index is 12.5. The van der Waals surface area contributed by atoms with E-state index in [-0.39, 0.29) is 5.91 Å². The minimum absolute atomic E-state index is 0.182. The van der Waals surface area contributed by atoms with Gasteiger partial charge in [0, 0.05) is 29.4 Å². The Morgan fingerprint density at radius 1 is 1.25 bits per heavy atom. The highest BCUT2D eigenvalue weighted by molar-refractivity contribution is 7.98. The van der Waals surface area contributed by atoms with Crippen LogP contribution in [0.4, 0.5) is 11.4 Å². The van der Waals surface area contributed by atoms with Crippen molar-refractivity contribution in [2.45, 2.75) is 18.2 Å². The summed E-state index contributed by atoms with van der Waals surface area (Å²) >= 11 is 7.75. The summed E-state index contributed by atoms with van der Waals surface area (Å²) in [6, 6.07) is 13.5. The molecule has 24 heavy (non-hydrogen) atoms. The van der Waals surface area contributed by atoms with Crippen molar-refractivity contribution in [2.75, 3.05) is 29.6 Å². The molecule has 2 aromatic rings. The van der Waals surface area contributed by atoms with E-state index in [0.29, 0.717) is 10.6 Å². The van der Waals surface area contributed by atoms with Gasteiger partial charge in [-0.2, -0.15) is 0 Å². The predicted molar refractivity (Wildman–Crippen MR) is 104 cm³/mol. The second-order valence-electron chi connectivity index (χ2n) is 6.19. The lowest BCUT2D eigenvalue weighted by Crippen LogP contribution is -2.19. The van der Waals surface area contributed by atoms with Crippen molar-refractivity contribution in [1.29, 1.82) is 0 Å². The van der Waals surface area contributed by atoms with Crippen molar-refractivity contribution in [3.8, 4) is 0 Å². The Morgan fingerprint density at radius 2 is 2.00 bits per heavy atom. The Morgan fingerprint density at radius 3 is 2.62 bits per heavy atom. The molecule has 0 radical (unpaired) electrons. The summed E-state index contributed by atoms with van der Waals surface area (Å²) in [6.07, 6.45) is 3.21. The molecule has 126 valence electrons. The zero-order chi connectivity index (χ0) is 17.1. The number of carbonyl (C=O) groups excluding carboxylic acids is 1. The van der Waals surface area contributed by atoms with Gasteiger partial charge >= 0.3 is 0 Å². The average Bonchev–Trinajstić information content (AvgIpc) is 3.02. The summed E-state index contributed by atoms with van der Waals surface area (Å²) in [5.74, 6) is 0.564. The molecule has 0 aromatic heterocycles. The summed E-state index contributed by atoms with van der Waals surface area (Å²) in [7, 11) is 0. The minimum atomic E-state index is -0.182. The average molecular weight is 361 g/mol. The molecule has 1 N–H and O–H groups in total. The summed E-state index contributed by atoms with van der Waals surface area (Å²) in [5, 5.41) is 3.39. The number of anilines is 2. The molecule has 3 nitrogen and oxygen atoms in total. The molecule has 1 atom stereocenters. The lowest BCUT2D eigenvalue weighted by atomic mass is 10.2. The van der Waals surface area contributed by atoms with Crippen LogP contribution in [0.25, 0.3) is 0 Å². The van der Waals surface area contributed by atoms with E-state index < -0.39 is 0 Å². The molecule has 1 unspecified atom stereocenters. The molecule has 1 heterocycles. The first kappa shape index (κ1) is 17.2. The van der Waals surface area contributed by atoms with Gasteiger partial charge in [-0.3, -0.25) is 4.79 Å². The largest absolute Gasteiger partial charge is 0.371 e. The van der Waals surface area contributed by atoms with Gasteiger partial charge in [0.25, 0.3) is 5.91 Å². The Hall–Kier alpha value is -1.65. The third-order valence-electron chi connectivity index (χ3n) is 4.33. The van der Waals surface area contributed by atoms with Gasteiger partial charge in [0.2, 0.25) is 0 Å². The standard InChI is InChI=1S/C19H21ClN2OS/c1-13-9-10-22(12-13)15-5-3-14(4-6-15)21-19(23)17-11-16(24-2)7-8-18(17)20/h3-8,11,13H,9-10,12H2,1-2H3,(H,21,23). The number of rotatable bonds is 4. The van der Waals surface area contributed by atoms with Crippen molar-refractivity contribution >= 4 is 40.6 Å². The van der Waals surface area contributed by atoms with Gasteiger partial charge in [0.15, 0.2) is 0 Å². The summed E-state index contributed by atoms with van der Waals surface area (Å²) in [5.41, 5.74) is 2.49. The molecule has 1 aliphatic rings. The number of nitrogens with one attached hydrogen (secondary N) is 1. The molecule has 2 aromatic carbocycles. The number of benzene rings is 2. The smallest absolute Gasteiger partial charge is 0.257 e.